The largest absolute Gasteiger partial charge is 0.384 e. The van der Waals surface area contributed by atoms with Gasteiger partial charge in [0, 0.05) is 12.4 Å². The van der Waals surface area contributed by atoms with Gasteiger partial charge in [0.25, 0.3) is 0 Å². The lowest BCUT2D eigenvalue weighted by molar-refractivity contribution is 1.13. The Labute approximate surface area is 52.3 Å². The van der Waals surface area contributed by atoms with Crippen LogP contribution < -0.4 is 5.73 Å². The van der Waals surface area contributed by atoms with E-state index in [2.05, 4.69) is 16.3 Å². The quantitative estimate of drug-likeness (QED) is 0.390. The van der Waals surface area contributed by atoms with Crippen LogP contribution in [0.15, 0.2) is 12.4 Å². The highest BCUT2D eigenvalue weighted by atomic mass is 14.8. The van der Waals surface area contributed by atoms with E-state index >= 15 is 0 Å². The summed E-state index contributed by atoms with van der Waals surface area (Å²) in [5.74, 6) is -0.0241. The summed E-state index contributed by atoms with van der Waals surface area (Å²) in [5, 5.41) is 6.92. The lowest BCUT2D eigenvalue weighted by Crippen LogP contribution is -2.11. The molecule has 45 valence electrons. The highest BCUT2D eigenvalue weighted by molar-refractivity contribution is 5.94. The average molecular weight is 121 g/mol. The summed E-state index contributed by atoms with van der Waals surface area (Å²) < 4.78 is 0. The van der Waals surface area contributed by atoms with Gasteiger partial charge in [-0.25, -0.2) is 9.97 Å². The second kappa shape index (κ2) is 2.21. The molecule has 1 aromatic heterocycles. The molecule has 1 aromatic rings. The Bertz CT molecular complexity index is 205. The molecule has 0 saturated heterocycles. The molecule has 0 unspecified atom stereocenters. The second-order valence-corrected chi connectivity index (χ2v) is 1.49. The third kappa shape index (κ3) is 1.22. The number of rotatable bonds is 1. The van der Waals surface area contributed by atoms with Crippen molar-refractivity contribution in [1.29, 1.82) is 5.41 Å². The molecule has 0 bridgehead atoms. The maximum absolute atomic E-state index is 6.92. The van der Waals surface area contributed by atoms with Crippen LogP contribution in [0, 0.1) is 11.7 Å². The van der Waals surface area contributed by atoms with Crippen LogP contribution in [0.4, 0.5) is 0 Å². The molecule has 0 fully saturated rings. The molecule has 3 N–H and O–H groups in total. The predicted octanol–water partition coefficient (Wildman–Crippen LogP) is -0.439. The fourth-order valence-corrected chi connectivity index (χ4v) is 0.403. The third-order valence-corrected chi connectivity index (χ3v) is 0.834. The molecule has 0 aliphatic carbocycles. The van der Waals surface area contributed by atoms with Gasteiger partial charge in [0.15, 0.2) is 6.33 Å². The van der Waals surface area contributed by atoms with Crippen molar-refractivity contribution >= 4 is 5.84 Å². The molecule has 1 heterocycles. The van der Waals surface area contributed by atoms with E-state index in [0.717, 1.165) is 0 Å². The van der Waals surface area contributed by atoms with E-state index in [1.165, 1.54) is 12.4 Å². The SMILES string of the molecule is N=C(N)c1cn[c]nc1. The van der Waals surface area contributed by atoms with Crippen molar-refractivity contribution in [3.63, 3.8) is 0 Å². The van der Waals surface area contributed by atoms with Gasteiger partial charge in [-0.1, -0.05) is 0 Å². The van der Waals surface area contributed by atoms with Crippen LogP contribution in [0.5, 0.6) is 0 Å². The Morgan fingerprint density at radius 2 is 2.11 bits per heavy atom. The number of nitrogens with one attached hydrogen (secondary N) is 1. The van der Waals surface area contributed by atoms with E-state index in [1.807, 2.05) is 0 Å². The summed E-state index contributed by atoms with van der Waals surface area (Å²) in [4.78, 5) is 7.10. The molecule has 1 rings (SSSR count). The Morgan fingerprint density at radius 1 is 1.56 bits per heavy atom. The van der Waals surface area contributed by atoms with Crippen LogP contribution in [-0.2, 0) is 0 Å². The van der Waals surface area contributed by atoms with Crippen LogP contribution in [0.1, 0.15) is 5.56 Å². The first-order chi connectivity index (χ1) is 4.30. The summed E-state index contributed by atoms with van der Waals surface area (Å²) in [6, 6.07) is 0. The molecule has 0 aliphatic heterocycles. The molecule has 0 aliphatic rings. The fourth-order valence-electron chi connectivity index (χ4n) is 0.403. The molecular formula is C5H5N4. The molecule has 1 radical (unpaired) electrons. The zero-order valence-electron chi connectivity index (χ0n) is 4.63. The normalized spacial score (nSPS) is 8.89. The van der Waals surface area contributed by atoms with Crippen LogP contribution in [0.25, 0.3) is 0 Å². The zero-order chi connectivity index (χ0) is 6.69. The summed E-state index contributed by atoms with van der Waals surface area (Å²) in [6.07, 6.45) is 5.22. The van der Waals surface area contributed by atoms with Crippen LogP contribution in [0.2, 0.25) is 0 Å². The topological polar surface area (TPSA) is 75.7 Å². The van der Waals surface area contributed by atoms with E-state index in [1.54, 1.807) is 0 Å². The van der Waals surface area contributed by atoms with Gasteiger partial charge in [-0.05, 0) is 0 Å². The van der Waals surface area contributed by atoms with E-state index in [9.17, 15) is 0 Å². The summed E-state index contributed by atoms with van der Waals surface area (Å²) >= 11 is 0. The van der Waals surface area contributed by atoms with Gasteiger partial charge in [-0.2, -0.15) is 0 Å². The number of amidine groups is 1. The third-order valence-electron chi connectivity index (χ3n) is 0.834. The van der Waals surface area contributed by atoms with Gasteiger partial charge in [0.1, 0.15) is 5.84 Å². The van der Waals surface area contributed by atoms with Crippen LogP contribution >= 0.6 is 0 Å². The lowest BCUT2D eigenvalue weighted by atomic mass is 10.3. The number of hydrogen-bond acceptors (Lipinski definition) is 3. The zero-order valence-corrected chi connectivity index (χ0v) is 4.63. The van der Waals surface area contributed by atoms with Gasteiger partial charge >= 0.3 is 0 Å². The first-order valence-corrected chi connectivity index (χ1v) is 2.33. The van der Waals surface area contributed by atoms with Gasteiger partial charge in [-0.15, -0.1) is 0 Å². The van der Waals surface area contributed by atoms with Crippen molar-refractivity contribution in [2.75, 3.05) is 0 Å². The molecule has 9 heavy (non-hydrogen) atoms. The van der Waals surface area contributed by atoms with E-state index < -0.39 is 0 Å². The minimum Gasteiger partial charge on any atom is -0.384 e. The monoisotopic (exact) mass is 121 g/mol. The Hall–Kier alpha value is -1.45. The summed E-state index contributed by atoms with van der Waals surface area (Å²) in [6.45, 7) is 0. The van der Waals surface area contributed by atoms with Gasteiger partial charge < -0.3 is 5.73 Å². The molecule has 0 spiro atoms. The number of nitrogens with two attached hydrogens (primary N) is 1. The summed E-state index contributed by atoms with van der Waals surface area (Å²) in [7, 11) is 0. The van der Waals surface area contributed by atoms with E-state index in [0.29, 0.717) is 5.56 Å². The molecular weight excluding hydrogens is 116 g/mol. The number of hydrogen-bond donors (Lipinski definition) is 2. The molecule has 0 amide bonds. The van der Waals surface area contributed by atoms with Crippen molar-refractivity contribution in [3.05, 3.63) is 24.3 Å². The minimum absolute atomic E-state index is 0.0241. The smallest absolute Gasteiger partial charge is 0.197 e. The summed E-state index contributed by atoms with van der Waals surface area (Å²) in [5.41, 5.74) is 5.63. The molecule has 4 heteroatoms. The van der Waals surface area contributed by atoms with Crippen molar-refractivity contribution in [2.45, 2.75) is 0 Å². The maximum atomic E-state index is 6.92. The number of nitrogen functional groups attached to an aromatic ring is 1. The molecule has 0 saturated carbocycles. The van der Waals surface area contributed by atoms with Crippen molar-refractivity contribution in [1.82, 2.24) is 9.97 Å². The Morgan fingerprint density at radius 3 is 2.44 bits per heavy atom. The Balaban J connectivity index is 2.98. The van der Waals surface area contributed by atoms with Gasteiger partial charge in [-0.3, -0.25) is 5.41 Å². The predicted molar refractivity (Wildman–Crippen MR) is 31.9 cm³/mol. The average Bonchev–Trinajstić information content (AvgIpc) is 1.90. The minimum atomic E-state index is -0.0241. The highest BCUT2D eigenvalue weighted by Crippen LogP contribution is 1.87. The van der Waals surface area contributed by atoms with Crippen LogP contribution in [0.3, 0.4) is 0 Å². The van der Waals surface area contributed by atoms with Gasteiger partial charge in [0.2, 0.25) is 0 Å². The van der Waals surface area contributed by atoms with Crippen LogP contribution in [-0.4, -0.2) is 15.8 Å². The van der Waals surface area contributed by atoms with E-state index in [-0.39, 0.29) is 5.84 Å². The fraction of sp³-hybridized carbons (Fsp3) is 0. The maximum Gasteiger partial charge on any atom is 0.197 e. The molecule has 0 aromatic carbocycles. The van der Waals surface area contributed by atoms with Gasteiger partial charge in [0.05, 0.1) is 5.56 Å². The molecule has 4 nitrogen and oxygen atoms in total. The highest BCUT2D eigenvalue weighted by Gasteiger charge is 1.91. The number of aromatic nitrogens is 2. The Kier molecular flexibility index (Phi) is 1.40. The lowest BCUT2D eigenvalue weighted by Gasteiger charge is -1.90. The first-order valence-electron chi connectivity index (χ1n) is 2.33. The van der Waals surface area contributed by atoms with Crippen molar-refractivity contribution in [2.24, 2.45) is 5.73 Å². The molecule has 0 atom stereocenters. The second-order valence-electron chi connectivity index (χ2n) is 1.49. The van der Waals surface area contributed by atoms with Crippen molar-refractivity contribution in [3.8, 4) is 0 Å². The standard InChI is InChI=1S/C5H5N4/c6-5(7)4-1-8-3-9-2-4/h1-2H,(H3,6,7). The number of nitrogens with zero attached hydrogens (tertiary/aromatic N) is 2. The first kappa shape index (κ1) is 5.68. The van der Waals surface area contributed by atoms with Crippen molar-refractivity contribution < 1.29 is 0 Å². The van der Waals surface area contributed by atoms with E-state index in [4.69, 9.17) is 11.1 Å².